The smallest absolute Gasteiger partial charge is 0.0745 e. The van der Waals surface area contributed by atoms with Gasteiger partial charge in [-0.3, -0.25) is 0 Å². The normalized spacial score (nSPS) is 10.8. The highest BCUT2D eigenvalue weighted by molar-refractivity contribution is 7.99. The predicted molar refractivity (Wildman–Crippen MR) is 66.4 cm³/mol. The summed E-state index contributed by atoms with van der Waals surface area (Å²) in [5, 5.41) is 11.6. The van der Waals surface area contributed by atoms with Gasteiger partial charge in [0.25, 0.3) is 0 Å². The first-order valence-electron chi connectivity index (χ1n) is 4.89. The van der Waals surface area contributed by atoms with Crippen LogP contribution in [0.25, 0.3) is 0 Å². The SMILES string of the molecule is O/N=C/c1ccccc1Sc1ccccc1. The lowest BCUT2D eigenvalue weighted by Gasteiger charge is -2.04. The molecule has 0 aliphatic carbocycles. The zero-order valence-corrected chi connectivity index (χ0v) is 9.39. The van der Waals surface area contributed by atoms with Crippen molar-refractivity contribution in [3.8, 4) is 0 Å². The lowest BCUT2D eigenvalue weighted by Crippen LogP contribution is -1.85. The Balaban J connectivity index is 2.28. The molecule has 0 aromatic heterocycles. The van der Waals surface area contributed by atoms with E-state index in [0.717, 1.165) is 10.5 Å². The standard InChI is InChI=1S/C13H11NOS/c15-14-10-11-6-4-5-9-13(11)16-12-7-2-1-3-8-12/h1-10,15H/b14-10+. The van der Waals surface area contributed by atoms with E-state index in [2.05, 4.69) is 17.3 Å². The minimum Gasteiger partial charge on any atom is -0.411 e. The summed E-state index contributed by atoms with van der Waals surface area (Å²) in [5.74, 6) is 0. The zero-order valence-electron chi connectivity index (χ0n) is 8.58. The molecule has 0 heterocycles. The van der Waals surface area contributed by atoms with Crippen molar-refractivity contribution >= 4 is 18.0 Å². The minimum atomic E-state index is 0.916. The number of hydrogen-bond acceptors (Lipinski definition) is 3. The Kier molecular flexibility index (Phi) is 3.62. The summed E-state index contributed by atoms with van der Waals surface area (Å²) >= 11 is 1.65. The number of rotatable bonds is 3. The van der Waals surface area contributed by atoms with E-state index >= 15 is 0 Å². The van der Waals surface area contributed by atoms with Crippen LogP contribution >= 0.6 is 11.8 Å². The maximum atomic E-state index is 8.57. The second-order valence-corrected chi connectivity index (χ2v) is 4.31. The Bertz CT molecular complexity index is 482. The Hall–Kier alpha value is -1.74. The molecule has 0 saturated carbocycles. The van der Waals surface area contributed by atoms with E-state index in [0.29, 0.717) is 0 Å². The molecular weight excluding hydrogens is 218 g/mol. The fraction of sp³-hybridized carbons (Fsp3) is 0. The van der Waals surface area contributed by atoms with Crippen molar-refractivity contribution < 1.29 is 5.21 Å². The summed E-state index contributed by atoms with van der Waals surface area (Å²) in [4.78, 5) is 2.24. The van der Waals surface area contributed by atoms with E-state index < -0.39 is 0 Å². The number of nitrogens with zero attached hydrogens (tertiary/aromatic N) is 1. The summed E-state index contributed by atoms with van der Waals surface area (Å²) in [5.41, 5.74) is 0.916. The molecule has 0 unspecified atom stereocenters. The van der Waals surface area contributed by atoms with Gasteiger partial charge in [-0.05, 0) is 18.2 Å². The van der Waals surface area contributed by atoms with Crippen LogP contribution in [0, 0.1) is 0 Å². The molecule has 2 aromatic rings. The third-order valence-corrected chi connectivity index (χ3v) is 3.19. The van der Waals surface area contributed by atoms with Crippen LogP contribution in [-0.2, 0) is 0 Å². The van der Waals surface area contributed by atoms with Gasteiger partial charge in [0, 0.05) is 15.4 Å². The molecule has 0 spiro atoms. The summed E-state index contributed by atoms with van der Waals surface area (Å²) in [6.07, 6.45) is 1.45. The molecule has 16 heavy (non-hydrogen) atoms. The zero-order chi connectivity index (χ0) is 11.2. The lowest BCUT2D eigenvalue weighted by atomic mass is 10.2. The van der Waals surface area contributed by atoms with E-state index in [1.54, 1.807) is 11.8 Å². The van der Waals surface area contributed by atoms with E-state index in [9.17, 15) is 0 Å². The predicted octanol–water partition coefficient (Wildman–Crippen LogP) is 3.65. The second kappa shape index (κ2) is 5.37. The van der Waals surface area contributed by atoms with Crippen LogP contribution in [0.4, 0.5) is 0 Å². The minimum absolute atomic E-state index is 0.916. The molecule has 0 saturated heterocycles. The highest BCUT2D eigenvalue weighted by Crippen LogP contribution is 2.29. The third kappa shape index (κ3) is 2.64. The first kappa shape index (κ1) is 10.8. The molecule has 2 rings (SSSR count). The van der Waals surface area contributed by atoms with Gasteiger partial charge in [-0.2, -0.15) is 0 Å². The molecular formula is C13H11NOS. The molecule has 3 heteroatoms. The van der Waals surface area contributed by atoms with Gasteiger partial charge >= 0.3 is 0 Å². The van der Waals surface area contributed by atoms with Gasteiger partial charge in [0.15, 0.2) is 0 Å². The highest BCUT2D eigenvalue weighted by Gasteiger charge is 2.01. The van der Waals surface area contributed by atoms with Crippen LogP contribution in [0.5, 0.6) is 0 Å². The van der Waals surface area contributed by atoms with Crippen LogP contribution in [0.2, 0.25) is 0 Å². The molecule has 0 aliphatic rings. The van der Waals surface area contributed by atoms with Crippen molar-refractivity contribution in [1.82, 2.24) is 0 Å². The van der Waals surface area contributed by atoms with Crippen molar-refractivity contribution in [2.75, 3.05) is 0 Å². The third-order valence-electron chi connectivity index (χ3n) is 2.09. The number of oxime groups is 1. The first-order chi connectivity index (χ1) is 7.90. The van der Waals surface area contributed by atoms with Crippen LogP contribution in [0.1, 0.15) is 5.56 Å². The van der Waals surface area contributed by atoms with E-state index in [4.69, 9.17) is 5.21 Å². The number of hydrogen-bond donors (Lipinski definition) is 1. The Morgan fingerprint density at radius 2 is 1.62 bits per heavy atom. The summed E-state index contributed by atoms with van der Waals surface area (Å²) in [6, 6.07) is 17.9. The van der Waals surface area contributed by atoms with Gasteiger partial charge in [-0.15, -0.1) is 0 Å². The molecule has 2 nitrogen and oxygen atoms in total. The average molecular weight is 229 g/mol. The van der Waals surface area contributed by atoms with E-state index in [-0.39, 0.29) is 0 Å². The highest BCUT2D eigenvalue weighted by atomic mass is 32.2. The van der Waals surface area contributed by atoms with Gasteiger partial charge in [0.2, 0.25) is 0 Å². The van der Waals surface area contributed by atoms with E-state index in [1.807, 2.05) is 42.5 Å². The molecule has 80 valence electrons. The van der Waals surface area contributed by atoms with Crippen LogP contribution in [-0.4, -0.2) is 11.4 Å². The van der Waals surface area contributed by atoms with Crippen molar-refractivity contribution in [2.45, 2.75) is 9.79 Å². The molecule has 1 N–H and O–H groups in total. The van der Waals surface area contributed by atoms with Gasteiger partial charge in [0.1, 0.15) is 0 Å². The molecule has 2 aromatic carbocycles. The van der Waals surface area contributed by atoms with Gasteiger partial charge in [0.05, 0.1) is 6.21 Å². The Morgan fingerprint density at radius 3 is 2.38 bits per heavy atom. The fourth-order valence-corrected chi connectivity index (χ4v) is 2.29. The van der Waals surface area contributed by atoms with Crippen LogP contribution < -0.4 is 0 Å². The van der Waals surface area contributed by atoms with Crippen LogP contribution in [0.15, 0.2) is 69.5 Å². The van der Waals surface area contributed by atoms with Gasteiger partial charge in [-0.1, -0.05) is 53.3 Å². The maximum Gasteiger partial charge on any atom is 0.0745 e. The topological polar surface area (TPSA) is 32.6 Å². The van der Waals surface area contributed by atoms with Crippen LogP contribution in [0.3, 0.4) is 0 Å². The van der Waals surface area contributed by atoms with Crippen molar-refractivity contribution in [3.63, 3.8) is 0 Å². The van der Waals surface area contributed by atoms with E-state index in [1.165, 1.54) is 11.1 Å². The van der Waals surface area contributed by atoms with Crippen molar-refractivity contribution in [3.05, 3.63) is 60.2 Å². The molecule has 0 atom stereocenters. The fourth-order valence-electron chi connectivity index (χ4n) is 1.36. The molecule has 0 aliphatic heterocycles. The average Bonchev–Trinajstić information content (AvgIpc) is 2.33. The Labute approximate surface area is 98.6 Å². The molecule has 0 bridgehead atoms. The second-order valence-electron chi connectivity index (χ2n) is 3.20. The monoisotopic (exact) mass is 229 g/mol. The first-order valence-corrected chi connectivity index (χ1v) is 5.71. The summed E-state index contributed by atoms with van der Waals surface area (Å²) in [7, 11) is 0. The van der Waals surface area contributed by atoms with Gasteiger partial charge in [-0.25, -0.2) is 0 Å². The number of benzene rings is 2. The molecule has 0 amide bonds. The largest absolute Gasteiger partial charge is 0.411 e. The maximum absolute atomic E-state index is 8.57. The Morgan fingerprint density at radius 1 is 0.938 bits per heavy atom. The summed E-state index contributed by atoms with van der Waals surface area (Å²) in [6.45, 7) is 0. The quantitative estimate of drug-likeness (QED) is 0.495. The molecule has 0 fully saturated rings. The lowest BCUT2D eigenvalue weighted by molar-refractivity contribution is 0.322. The van der Waals surface area contributed by atoms with Crippen molar-refractivity contribution in [2.24, 2.45) is 5.16 Å². The van der Waals surface area contributed by atoms with Crippen molar-refractivity contribution in [1.29, 1.82) is 0 Å². The molecule has 0 radical (unpaired) electrons. The van der Waals surface area contributed by atoms with Gasteiger partial charge < -0.3 is 5.21 Å². The summed E-state index contributed by atoms with van der Waals surface area (Å²) < 4.78 is 0.